The monoisotopic (exact) mass is 503 g/mol. The molecule has 2 heterocycles. The van der Waals surface area contributed by atoms with Crippen molar-refractivity contribution in [3.8, 4) is 0 Å². The summed E-state index contributed by atoms with van der Waals surface area (Å²) >= 11 is 0. The van der Waals surface area contributed by atoms with Crippen LogP contribution in [0.15, 0.2) is 0 Å². The van der Waals surface area contributed by atoms with Crippen molar-refractivity contribution in [1.29, 1.82) is 0 Å². The maximum atomic E-state index is 12.4. The summed E-state index contributed by atoms with van der Waals surface area (Å²) < 4.78 is 35.6. The van der Waals surface area contributed by atoms with E-state index >= 15 is 0 Å². The van der Waals surface area contributed by atoms with E-state index in [4.69, 9.17) is 26.4 Å². The Morgan fingerprint density at radius 3 is 2.03 bits per heavy atom. The van der Waals surface area contributed by atoms with Gasteiger partial charge in [0.25, 0.3) is 0 Å². The van der Waals surface area contributed by atoms with Gasteiger partial charge in [-0.15, -0.1) is 0 Å². The first-order chi connectivity index (χ1) is 13.1. The van der Waals surface area contributed by atoms with Crippen molar-refractivity contribution in [1.82, 2.24) is 0 Å². The van der Waals surface area contributed by atoms with Crippen molar-refractivity contribution in [2.24, 2.45) is 35.5 Å². The SMILES string of the molecule is [B][C@@H]1O[C@H](CC(C)C)[C@H](CO[PH](=O)OC[C@H]2O[C@@H](C)C(C)[C@H]2CC(C)C)C1C.[Y]. The molecule has 0 saturated carbocycles. The third-order valence-electron chi connectivity index (χ3n) is 6.49. The van der Waals surface area contributed by atoms with E-state index in [9.17, 15) is 4.57 Å². The molecule has 2 rings (SSSR count). The molecule has 2 aliphatic heterocycles. The Balaban J connectivity index is 0.00000420. The Labute approximate surface area is 205 Å². The summed E-state index contributed by atoms with van der Waals surface area (Å²) in [4.78, 5) is 0. The van der Waals surface area contributed by atoms with Crippen molar-refractivity contribution in [3.05, 3.63) is 0 Å². The Bertz CT molecular complexity index is 507. The molecule has 0 bridgehead atoms. The van der Waals surface area contributed by atoms with Crippen molar-refractivity contribution in [3.63, 3.8) is 0 Å². The minimum absolute atomic E-state index is 0. The van der Waals surface area contributed by atoms with Crippen LogP contribution in [0.4, 0.5) is 0 Å². The normalized spacial score (nSPS) is 38.5. The number of ether oxygens (including phenoxy) is 2. The zero-order chi connectivity index (χ0) is 21.0. The minimum Gasteiger partial charge on any atom is -0.384 e. The second-order valence-electron chi connectivity index (χ2n) is 9.70. The van der Waals surface area contributed by atoms with Gasteiger partial charge in [-0.1, -0.05) is 41.5 Å². The maximum absolute atomic E-state index is 12.4. The fourth-order valence-electron chi connectivity index (χ4n) is 4.58. The van der Waals surface area contributed by atoms with Crippen molar-refractivity contribution in [2.45, 2.75) is 85.6 Å². The topological polar surface area (TPSA) is 54.0 Å². The molecule has 8 heteroatoms. The van der Waals surface area contributed by atoms with Gasteiger partial charge in [0.15, 0.2) is 0 Å². The molecule has 2 saturated heterocycles. The van der Waals surface area contributed by atoms with Gasteiger partial charge in [0.2, 0.25) is 0 Å². The van der Waals surface area contributed by atoms with Crippen LogP contribution in [0.2, 0.25) is 0 Å². The fraction of sp³-hybridized carbons (Fsp3) is 1.00. The first-order valence-corrected chi connectivity index (χ1v) is 12.2. The maximum Gasteiger partial charge on any atom is 0.319 e. The Kier molecular flexibility index (Phi) is 12.7. The van der Waals surface area contributed by atoms with Crippen LogP contribution in [-0.2, 0) is 55.8 Å². The van der Waals surface area contributed by atoms with Crippen LogP contribution in [0.25, 0.3) is 0 Å². The van der Waals surface area contributed by atoms with Crippen LogP contribution in [0.3, 0.4) is 0 Å². The Morgan fingerprint density at radius 1 is 0.862 bits per heavy atom. The fourth-order valence-corrected chi connectivity index (χ4v) is 5.29. The molecule has 0 aromatic rings. The summed E-state index contributed by atoms with van der Waals surface area (Å²) in [6, 6.07) is -0.285. The first kappa shape index (κ1) is 28.3. The molecule has 29 heavy (non-hydrogen) atoms. The first-order valence-electron chi connectivity index (χ1n) is 11.0. The van der Waals surface area contributed by atoms with Crippen molar-refractivity contribution >= 4 is 16.1 Å². The van der Waals surface area contributed by atoms with Crippen LogP contribution in [0.5, 0.6) is 0 Å². The van der Waals surface area contributed by atoms with Gasteiger partial charge in [0.1, 0.15) is 7.85 Å². The summed E-state index contributed by atoms with van der Waals surface area (Å²) in [5, 5.41) is 0. The summed E-state index contributed by atoms with van der Waals surface area (Å²) in [5.41, 5.74) is 0. The van der Waals surface area contributed by atoms with Crippen molar-refractivity contribution < 1.29 is 55.8 Å². The molecule has 0 spiro atoms. The Hall–Kier alpha value is 1.24. The van der Waals surface area contributed by atoms with E-state index in [1.54, 1.807) is 0 Å². The van der Waals surface area contributed by atoms with E-state index in [1.807, 2.05) is 0 Å². The minimum atomic E-state index is -2.57. The van der Waals surface area contributed by atoms with Crippen LogP contribution in [0.1, 0.15) is 61.3 Å². The molecule has 0 aromatic carbocycles. The molecule has 3 radical (unpaired) electrons. The standard InChI is InChI=1S/C21H40BO5P.Y/c1-12(2)8-17-14(5)16(7)26-20(17)11-25-28(23)24-10-18-15(6)21(22)27-19(18)9-13(3)4;/h12-21,28H,8-11H2,1-7H3;/t14?,15?,16-,17+,18+,19+,20+,21+;/m0./s1. The van der Waals surface area contributed by atoms with Gasteiger partial charge in [-0.05, 0) is 49.4 Å². The largest absolute Gasteiger partial charge is 0.384 e. The molecule has 5 nitrogen and oxygen atoms in total. The van der Waals surface area contributed by atoms with E-state index in [0.29, 0.717) is 36.9 Å². The van der Waals surface area contributed by atoms with Crippen LogP contribution in [-0.4, -0.2) is 45.4 Å². The van der Waals surface area contributed by atoms with Crippen molar-refractivity contribution in [2.75, 3.05) is 13.2 Å². The summed E-state index contributed by atoms with van der Waals surface area (Å²) in [6.07, 6.45) is 2.26. The average Bonchev–Trinajstić information content (AvgIpc) is 3.01. The number of rotatable bonds is 10. The van der Waals surface area contributed by atoms with Crippen LogP contribution >= 0.6 is 8.25 Å². The second-order valence-corrected chi connectivity index (χ2v) is 10.8. The van der Waals surface area contributed by atoms with E-state index in [2.05, 4.69) is 48.5 Å². The smallest absolute Gasteiger partial charge is 0.319 e. The third-order valence-corrected chi connectivity index (χ3v) is 7.30. The van der Waals surface area contributed by atoms with E-state index in [-0.39, 0.29) is 68.9 Å². The molecule has 0 aromatic heterocycles. The molecule has 0 N–H and O–H groups in total. The number of hydrogen-bond donors (Lipinski definition) is 0. The molecule has 0 aliphatic carbocycles. The van der Waals surface area contributed by atoms with Gasteiger partial charge < -0.3 is 18.5 Å². The van der Waals surface area contributed by atoms with Gasteiger partial charge >= 0.3 is 8.25 Å². The predicted octanol–water partition coefficient (Wildman–Crippen LogP) is 4.68. The second kappa shape index (κ2) is 13.1. The number of hydrogen-bond acceptors (Lipinski definition) is 5. The molecule has 3 unspecified atom stereocenters. The zero-order valence-electron chi connectivity index (χ0n) is 19.3. The molecule has 2 aliphatic rings. The van der Waals surface area contributed by atoms with Gasteiger partial charge in [0, 0.05) is 44.6 Å². The van der Waals surface area contributed by atoms with Gasteiger partial charge in [-0.25, -0.2) is 0 Å². The third kappa shape index (κ3) is 8.26. The average molecular weight is 503 g/mol. The van der Waals surface area contributed by atoms with E-state index in [1.165, 1.54) is 0 Å². The summed E-state index contributed by atoms with van der Waals surface area (Å²) in [5.74, 6) is 2.35. The molecule has 0 amide bonds. The van der Waals surface area contributed by atoms with Crippen LogP contribution in [0, 0.1) is 35.5 Å². The van der Waals surface area contributed by atoms with E-state index in [0.717, 1.165) is 12.8 Å². The summed E-state index contributed by atoms with van der Waals surface area (Å²) in [7, 11) is 3.50. The van der Waals surface area contributed by atoms with E-state index < -0.39 is 8.25 Å². The molecule has 165 valence electrons. The quantitative estimate of drug-likeness (QED) is 0.320. The Morgan fingerprint density at radius 2 is 1.45 bits per heavy atom. The van der Waals surface area contributed by atoms with Crippen LogP contribution < -0.4 is 0 Å². The molecular formula is C21H40BO5PY. The molecule has 2 fully saturated rings. The predicted molar refractivity (Wildman–Crippen MR) is 114 cm³/mol. The van der Waals surface area contributed by atoms with Gasteiger partial charge in [-0.3, -0.25) is 4.57 Å². The molecule has 9 atom stereocenters. The summed E-state index contributed by atoms with van der Waals surface area (Å²) in [6.45, 7) is 15.9. The van der Waals surface area contributed by atoms with Gasteiger partial charge in [0.05, 0.1) is 31.5 Å². The zero-order valence-corrected chi connectivity index (χ0v) is 23.1. The van der Waals surface area contributed by atoms with Gasteiger partial charge in [-0.2, -0.15) is 0 Å². The molecular weight excluding hydrogens is 463 g/mol.